The molecule has 0 heterocycles. The van der Waals surface area contributed by atoms with Crippen LogP contribution in [0.2, 0.25) is 0 Å². The highest BCUT2D eigenvalue weighted by Gasteiger charge is 2.14. The van der Waals surface area contributed by atoms with Crippen LogP contribution in [0.1, 0.15) is 15.9 Å². The fourth-order valence-electron chi connectivity index (χ4n) is 1.79. The van der Waals surface area contributed by atoms with Gasteiger partial charge in [0.1, 0.15) is 5.82 Å². The van der Waals surface area contributed by atoms with Gasteiger partial charge in [-0.1, -0.05) is 0 Å². The first-order valence-electron chi connectivity index (χ1n) is 5.90. The van der Waals surface area contributed by atoms with Crippen molar-refractivity contribution >= 4 is 33.2 Å². The second-order valence-corrected chi connectivity index (χ2v) is 5.19. The van der Waals surface area contributed by atoms with Gasteiger partial charge < -0.3 is 5.32 Å². The number of non-ortho nitro benzene ring substituents is 1. The number of halogens is 2. The Morgan fingerprint density at radius 3 is 2.57 bits per heavy atom. The first-order valence-corrected chi connectivity index (χ1v) is 6.69. The molecule has 2 aromatic rings. The van der Waals surface area contributed by atoms with E-state index in [1.54, 1.807) is 6.92 Å². The molecule has 0 saturated heterocycles. The number of aryl methyl sites for hydroxylation is 1. The predicted octanol–water partition coefficient (Wildman–Crippen LogP) is 4.06. The van der Waals surface area contributed by atoms with E-state index in [0.717, 1.165) is 0 Å². The van der Waals surface area contributed by atoms with E-state index in [4.69, 9.17) is 0 Å². The van der Waals surface area contributed by atoms with Crippen LogP contribution in [0.25, 0.3) is 0 Å². The Hall–Kier alpha value is -2.28. The number of nitro groups is 1. The number of rotatable bonds is 3. The number of nitrogens with one attached hydrogen (secondary N) is 1. The SMILES string of the molecule is Cc1cc(F)ccc1C(=O)Nc1ccc([N+](=O)[O-])cc1Br. The normalized spacial score (nSPS) is 10.2. The van der Waals surface area contributed by atoms with Gasteiger partial charge in [-0.25, -0.2) is 4.39 Å². The molecule has 1 amide bonds. The molecular formula is C14H10BrFN2O3. The van der Waals surface area contributed by atoms with Crippen molar-refractivity contribution in [3.63, 3.8) is 0 Å². The Labute approximate surface area is 128 Å². The molecule has 0 unspecified atom stereocenters. The van der Waals surface area contributed by atoms with Gasteiger partial charge in [-0.3, -0.25) is 14.9 Å². The fraction of sp³-hybridized carbons (Fsp3) is 0.0714. The van der Waals surface area contributed by atoms with Gasteiger partial charge in [-0.05, 0) is 52.7 Å². The molecule has 5 nitrogen and oxygen atoms in total. The molecule has 0 radical (unpaired) electrons. The molecule has 0 aliphatic rings. The summed E-state index contributed by atoms with van der Waals surface area (Å²) >= 11 is 3.17. The van der Waals surface area contributed by atoms with E-state index in [2.05, 4.69) is 21.2 Å². The summed E-state index contributed by atoms with van der Waals surface area (Å²) in [5.41, 5.74) is 1.15. The molecule has 0 atom stereocenters. The zero-order chi connectivity index (χ0) is 15.6. The lowest BCUT2D eigenvalue weighted by molar-refractivity contribution is -0.384. The van der Waals surface area contributed by atoms with E-state index >= 15 is 0 Å². The summed E-state index contributed by atoms with van der Waals surface area (Å²) in [6.07, 6.45) is 0. The molecule has 0 aliphatic heterocycles. The van der Waals surface area contributed by atoms with Crippen molar-refractivity contribution in [2.45, 2.75) is 6.92 Å². The van der Waals surface area contributed by atoms with E-state index < -0.39 is 16.6 Å². The third kappa shape index (κ3) is 3.43. The van der Waals surface area contributed by atoms with Crippen molar-refractivity contribution in [1.29, 1.82) is 0 Å². The highest BCUT2D eigenvalue weighted by atomic mass is 79.9. The van der Waals surface area contributed by atoms with Gasteiger partial charge in [0.05, 0.1) is 10.6 Å². The van der Waals surface area contributed by atoms with Gasteiger partial charge in [-0.2, -0.15) is 0 Å². The lowest BCUT2D eigenvalue weighted by Gasteiger charge is -2.09. The number of benzene rings is 2. The monoisotopic (exact) mass is 352 g/mol. The minimum absolute atomic E-state index is 0.0853. The summed E-state index contributed by atoms with van der Waals surface area (Å²) in [6, 6.07) is 7.87. The highest BCUT2D eigenvalue weighted by Crippen LogP contribution is 2.27. The van der Waals surface area contributed by atoms with Crippen LogP contribution >= 0.6 is 15.9 Å². The Morgan fingerprint density at radius 2 is 2.00 bits per heavy atom. The molecule has 0 bridgehead atoms. The van der Waals surface area contributed by atoms with Crippen LogP contribution in [0, 0.1) is 22.9 Å². The fourth-order valence-corrected chi connectivity index (χ4v) is 2.26. The number of carbonyl (C=O) groups excluding carboxylic acids is 1. The van der Waals surface area contributed by atoms with E-state index in [-0.39, 0.29) is 5.69 Å². The van der Waals surface area contributed by atoms with Gasteiger partial charge in [-0.15, -0.1) is 0 Å². The number of amides is 1. The number of hydrogen-bond acceptors (Lipinski definition) is 3. The molecule has 7 heteroatoms. The lowest BCUT2D eigenvalue weighted by atomic mass is 10.1. The Kier molecular flexibility index (Phi) is 4.32. The zero-order valence-corrected chi connectivity index (χ0v) is 12.5. The number of nitro benzene ring substituents is 1. The maximum Gasteiger partial charge on any atom is 0.270 e. The molecule has 0 spiro atoms. The molecule has 0 aromatic heterocycles. The minimum Gasteiger partial charge on any atom is -0.321 e. The summed E-state index contributed by atoms with van der Waals surface area (Å²) < 4.78 is 13.4. The van der Waals surface area contributed by atoms with Crippen LogP contribution in [0.4, 0.5) is 15.8 Å². The van der Waals surface area contributed by atoms with Crippen molar-refractivity contribution in [1.82, 2.24) is 0 Å². The topological polar surface area (TPSA) is 72.2 Å². The minimum atomic E-state index is -0.527. The summed E-state index contributed by atoms with van der Waals surface area (Å²) in [5, 5.41) is 13.3. The van der Waals surface area contributed by atoms with Crippen molar-refractivity contribution in [2.75, 3.05) is 5.32 Å². The van der Waals surface area contributed by atoms with Gasteiger partial charge in [0.2, 0.25) is 0 Å². The smallest absolute Gasteiger partial charge is 0.270 e. The molecule has 0 fully saturated rings. The van der Waals surface area contributed by atoms with E-state index in [1.165, 1.54) is 36.4 Å². The average Bonchev–Trinajstić information content (AvgIpc) is 2.40. The van der Waals surface area contributed by atoms with Crippen molar-refractivity contribution in [3.8, 4) is 0 Å². The van der Waals surface area contributed by atoms with Crippen LogP contribution < -0.4 is 5.32 Å². The number of anilines is 1. The van der Waals surface area contributed by atoms with Crippen molar-refractivity contribution in [3.05, 3.63) is 67.9 Å². The van der Waals surface area contributed by atoms with Crippen molar-refractivity contribution in [2.24, 2.45) is 0 Å². The molecule has 108 valence electrons. The Bertz CT molecular complexity index is 734. The van der Waals surface area contributed by atoms with Gasteiger partial charge >= 0.3 is 0 Å². The molecule has 0 aliphatic carbocycles. The second-order valence-electron chi connectivity index (χ2n) is 4.33. The van der Waals surface area contributed by atoms with Crippen LogP contribution in [0.5, 0.6) is 0 Å². The zero-order valence-electron chi connectivity index (χ0n) is 10.9. The molecule has 2 aromatic carbocycles. The third-order valence-corrected chi connectivity index (χ3v) is 3.50. The third-order valence-electron chi connectivity index (χ3n) is 2.84. The van der Waals surface area contributed by atoms with Crippen molar-refractivity contribution < 1.29 is 14.1 Å². The highest BCUT2D eigenvalue weighted by molar-refractivity contribution is 9.10. The van der Waals surface area contributed by atoms with E-state index in [1.807, 2.05) is 0 Å². The average molecular weight is 353 g/mol. The Morgan fingerprint density at radius 1 is 1.29 bits per heavy atom. The first kappa shape index (κ1) is 15.1. The van der Waals surface area contributed by atoms with Crippen LogP contribution in [0.3, 0.4) is 0 Å². The summed E-state index contributed by atoms with van der Waals surface area (Å²) in [4.78, 5) is 22.2. The molecule has 21 heavy (non-hydrogen) atoms. The van der Waals surface area contributed by atoms with Crippen LogP contribution in [-0.2, 0) is 0 Å². The van der Waals surface area contributed by atoms with Gasteiger partial charge in [0.25, 0.3) is 11.6 Å². The van der Waals surface area contributed by atoms with Gasteiger partial charge in [0, 0.05) is 22.2 Å². The van der Waals surface area contributed by atoms with Gasteiger partial charge in [0.15, 0.2) is 0 Å². The van der Waals surface area contributed by atoms with Crippen LogP contribution in [-0.4, -0.2) is 10.8 Å². The number of hydrogen-bond donors (Lipinski definition) is 1. The molecule has 0 saturated carbocycles. The first-order chi connectivity index (χ1) is 9.88. The Balaban J connectivity index is 2.25. The standard InChI is InChI=1S/C14H10BrFN2O3/c1-8-6-9(16)2-4-11(8)14(19)17-13-5-3-10(18(20)21)7-12(13)15/h2-7H,1H3,(H,17,19). The summed E-state index contributed by atoms with van der Waals surface area (Å²) in [7, 11) is 0. The quantitative estimate of drug-likeness (QED) is 0.668. The van der Waals surface area contributed by atoms with E-state index in [9.17, 15) is 19.3 Å². The largest absolute Gasteiger partial charge is 0.321 e. The molecule has 2 rings (SSSR count). The summed E-state index contributed by atoms with van der Waals surface area (Å²) in [6.45, 7) is 1.63. The maximum atomic E-state index is 13.0. The lowest BCUT2D eigenvalue weighted by Crippen LogP contribution is -2.14. The maximum absolute atomic E-state index is 13.0. The number of carbonyl (C=O) groups is 1. The second kappa shape index (κ2) is 6.01. The summed E-state index contributed by atoms with van der Waals surface area (Å²) in [5.74, 6) is -0.831. The predicted molar refractivity (Wildman–Crippen MR) is 79.9 cm³/mol. The molecule has 1 N–H and O–H groups in total. The van der Waals surface area contributed by atoms with Crippen LogP contribution in [0.15, 0.2) is 40.9 Å². The van der Waals surface area contributed by atoms with E-state index in [0.29, 0.717) is 21.3 Å². The molecular weight excluding hydrogens is 343 g/mol. The number of nitrogens with zero attached hydrogens (tertiary/aromatic N) is 1.